The molecule has 1 aromatic rings. The Kier molecular flexibility index (Phi) is 3.19. The molecule has 0 unspecified atom stereocenters. The van der Waals surface area contributed by atoms with Crippen LogP contribution in [-0.2, 0) is 6.42 Å². The molecule has 1 heterocycles. The summed E-state index contributed by atoms with van der Waals surface area (Å²) in [5, 5.41) is 0. The summed E-state index contributed by atoms with van der Waals surface area (Å²) in [5.74, 6) is 1.66. The van der Waals surface area contributed by atoms with Gasteiger partial charge in [-0.05, 0) is 13.0 Å². The smallest absolute Gasteiger partial charge is 0.133 e. The summed E-state index contributed by atoms with van der Waals surface area (Å²) in [6, 6.07) is 0. The van der Waals surface area contributed by atoms with Crippen molar-refractivity contribution in [3.63, 3.8) is 0 Å². The summed E-state index contributed by atoms with van der Waals surface area (Å²) in [6.45, 7) is 4.66. The second-order valence-corrected chi connectivity index (χ2v) is 3.33. The van der Waals surface area contributed by atoms with Crippen LogP contribution in [0.3, 0.4) is 0 Å². The minimum absolute atomic E-state index is 0.314. The van der Waals surface area contributed by atoms with Crippen LogP contribution in [0.15, 0.2) is 6.20 Å². The number of nitrogens with two attached hydrogens (primary N) is 2. The molecule has 0 aromatic carbocycles. The Balaban J connectivity index is 2.92. The number of anilines is 1. The highest BCUT2D eigenvalue weighted by Gasteiger charge is 2.05. The molecule has 13 heavy (non-hydrogen) atoms. The molecule has 4 N–H and O–H groups in total. The third-order valence-electron chi connectivity index (χ3n) is 1.85. The Morgan fingerprint density at radius 1 is 1.46 bits per heavy atom. The average molecular weight is 180 g/mol. The van der Waals surface area contributed by atoms with E-state index in [0.717, 1.165) is 17.8 Å². The largest absolute Gasteiger partial charge is 0.383 e. The number of hydrogen-bond donors (Lipinski definition) is 2. The third kappa shape index (κ3) is 2.39. The van der Waals surface area contributed by atoms with Crippen LogP contribution in [0.2, 0.25) is 0 Å². The van der Waals surface area contributed by atoms with Crippen LogP contribution in [0.25, 0.3) is 0 Å². The van der Waals surface area contributed by atoms with Gasteiger partial charge in [0.1, 0.15) is 11.6 Å². The van der Waals surface area contributed by atoms with Gasteiger partial charge in [-0.25, -0.2) is 9.97 Å². The molecule has 4 nitrogen and oxygen atoms in total. The molecular formula is C9H16N4. The van der Waals surface area contributed by atoms with E-state index in [-0.39, 0.29) is 0 Å². The highest BCUT2D eigenvalue weighted by Crippen LogP contribution is 2.13. The van der Waals surface area contributed by atoms with Gasteiger partial charge in [-0.1, -0.05) is 13.8 Å². The van der Waals surface area contributed by atoms with E-state index >= 15 is 0 Å². The number of rotatable bonds is 3. The van der Waals surface area contributed by atoms with Gasteiger partial charge in [0.15, 0.2) is 0 Å². The van der Waals surface area contributed by atoms with Crippen molar-refractivity contribution >= 4 is 5.82 Å². The number of aromatic nitrogens is 2. The fraction of sp³-hybridized carbons (Fsp3) is 0.556. The van der Waals surface area contributed by atoms with Crippen LogP contribution >= 0.6 is 0 Å². The summed E-state index contributed by atoms with van der Waals surface area (Å²) >= 11 is 0. The van der Waals surface area contributed by atoms with E-state index in [4.69, 9.17) is 11.5 Å². The molecule has 0 fully saturated rings. The molecule has 0 bridgehead atoms. The lowest BCUT2D eigenvalue weighted by atomic mass is 10.2. The first kappa shape index (κ1) is 9.92. The van der Waals surface area contributed by atoms with E-state index in [1.165, 1.54) is 0 Å². The van der Waals surface area contributed by atoms with Crippen LogP contribution in [0.4, 0.5) is 5.82 Å². The first-order chi connectivity index (χ1) is 6.15. The molecule has 4 heteroatoms. The molecule has 0 atom stereocenters. The van der Waals surface area contributed by atoms with Crippen LogP contribution in [-0.4, -0.2) is 16.5 Å². The SMILES string of the molecule is CC(C)c1ncc(CCN)c(N)n1. The van der Waals surface area contributed by atoms with Gasteiger partial charge in [0, 0.05) is 17.7 Å². The Bertz CT molecular complexity index is 283. The molecule has 0 aliphatic heterocycles. The third-order valence-corrected chi connectivity index (χ3v) is 1.85. The van der Waals surface area contributed by atoms with Crippen molar-refractivity contribution in [3.8, 4) is 0 Å². The lowest BCUT2D eigenvalue weighted by Crippen LogP contribution is -2.09. The van der Waals surface area contributed by atoms with Gasteiger partial charge in [-0.15, -0.1) is 0 Å². The monoisotopic (exact) mass is 180 g/mol. The summed E-state index contributed by atoms with van der Waals surface area (Å²) < 4.78 is 0. The van der Waals surface area contributed by atoms with Crippen molar-refractivity contribution in [1.82, 2.24) is 9.97 Å². The molecule has 0 saturated heterocycles. The number of nitrogens with zero attached hydrogens (tertiary/aromatic N) is 2. The van der Waals surface area contributed by atoms with Gasteiger partial charge in [-0.2, -0.15) is 0 Å². The van der Waals surface area contributed by atoms with E-state index in [1.54, 1.807) is 6.20 Å². The van der Waals surface area contributed by atoms with Crippen molar-refractivity contribution in [1.29, 1.82) is 0 Å². The number of hydrogen-bond acceptors (Lipinski definition) is 4. The van der Waals surface area contributed by atoms with Gasteiger partial charge >= 0.3 is 0 Å². The average Bonchev–Trinajstić information content (AvgIpc) is 2.08. The zero-order valence-corrected chi connectivity index (χ0v) is 8.12. The number of nitrogen functional groups attached to an aromatic ring is 1. The summed E-state index contributed by atoms with van der Waals surface area (Å²) in [7, 11) is 0. The Labute approximate surface area is 78.4 Å². The summed E-state index contributed by atoms with van der Waals surface area (Å²) in [4.78, 5) is 8.41. The molecule has 1 rings (SSSR count). The van der Waals surface area contributed by atoms with Crippen LogP contribution in [0.5, 0.6) is 0 Å². The van der Waals surface area contributed by atoms with Crippen LogP contribution in [0, 0.1) is 0 Å². The Hall–Kier alpha value is -1.16. The normalized spacial score (nSPS) is 10.8. The molecule has 0 saturated carbocycles. The van der Waals surface area contributed by atoms with Crippen LogP contribution < -0.4 is 11.5 Å². The summed E-state index contributed by atoms with van der Waals surface area (Å²) in [5.41, 5.74) is 12.1. The minimum Gasteiger partial charge on any atom is -0.383 e. The van der Waals surface area contributed by atoms with E-state index in [0.29, 0.717) is 18.3 Å². The van der Waals surface area contributed by atoms with Gasteiger partial charge < -0.3 is 11.5 Å². The van der Waals surface area contributed by atoms with Crippen LogP contribution in [0.1, 0.15) is 31.2 Å². The molecule has 0 aliphatic carbocycles. The molecule has 0 radical (unpaired) electrons. The fourth-order valence-electron chi connectivity index (χ4n) is 1.06. The highest BCUT2D eigenvalue weighted by molar-refractivity contribution is 5.37. The molecule has 1 aromatic heterocycles. The zero-order chi connectivity index (χ0) is 9.84. The van der Waals surface area contributed by atoms with Crippen molar-refractivity contribution in [2.24, 2.45) is 5.73 Å². The standard InChI is InChI=1S/C9H16N4/c1-6(2)9-12-5-7(3-4-10)8(11)13-9/h5-6H,3-4,10H2,1-2H3,(H2,11,12,13). The van der Waals surface area contributed by atoms with Crippen molar-refractivity contribution in [2.75, 3.05) is 12.3 Å². The Morgan fingerprint density at radius 2 is 2.15 bits per heavy atom. The topological polar surface area (TPSA) is 77.8 Å². The quantitative estimate of drug-likeness (QED) is 0.717. The zero-order valence-electron chi connectivity index (χ0n) is 8.12. The van der Waals surface area contributed by atoms with E-state index in [9.17, 15) is 0 Å². The van der Waals surface area contributed by atoms with E-state index in [1.807, 2.05) is 13.8 Å². The van der Waals surface area contributed by atoms with Gasteiger partial charge in [-0.3, -0.25) is 0 Å². The maximum Gasteiger partial charge on any atom is 0.133 e. The predicted molar refractivity (Wildman–Crippen MR) is 53.3 cm³/mol. The fourth-order valence-corrected chi connectivity index (χ4v) is 1.06. The molecule has 0 amide bonds. The minimum atomic E-state index is 0.314. The van der Waals surface area contributed by atoms with E-state index < -0.39 is 0 Å². The predicted octanol–water partition coefficient (Wildman–Crippen LogP) is 0.683. The van der Waals surface area contributed by atoms with E-state index in [2.05, 4.69) is 9.97 Å². The van der Waals surface area contributed by atoms with Crippen molar-refractivity contribution in [3.05, 3.63) is 17.6 Å². The molecule has 0 spiro atoms. The maximum atomic E-state index is 5.74. The molecular weight excluding hydrogens is 164 g/mol. The van der Waals surface area contributed by atoms with Gasteiger partial charge in [0.05, 0.1) is 0 Å². The highest BCUT2D eigenvalue weighted by atomic mass is 14.9. The van der Waals surface area contributed by atoms with Crippen molar-refractivity contribution < 1.29 is 0 Å². The first-order valence-corrected chi connectivity index (χ1v) is 4.46. The maximum absolute atomic E-state index is 5.74. The van der Waals surface area contributed by atoms with Gasteiger partial charge in [0.25, 0.3) is 0 Å². The molecule has 72 valence electrons. The lowest BCUT2D eigenvalue weighted by molar-refractivity contribution is 0.769. The second kappa shape index (κ2) is 4.18. The Morgan fingerprint density at radius 3 is 2.62 bits per heavy atom. The summed E-state index contributed by atoms with van der Waals surface area (Å²) in [6.07, 6.45) is 2.51. The van der Waals surface area contributed by atoms with Gasteiger partial charge in [0.2, 0.25) is 0 Å². The molecule has 0 aliphatic rings. The van der Waals surface area contributed by atoms with Crippen molar-refractivity contribution in [2.45, 2.75) is 26.2 Å². The second-order valence-electron chi connectivity index (χ2n) is 3.33. The lowest BCUT2D eigenvalue weighted by Gasteiger charge is -2.07. The first-order valence-electron chi connectivity index (χ1n) is 4.46.